The standard InChI is InChI=1S/C32H43N5O3S/c1-4-5-6-7-8-9-10-14-17-31(32(38)33-26-15-12-11-13-16-26)36-41(39,40)30-24-20-28(21-25-30)35-34-27-18-22-29(23-19-27)37(2)3/h11-13,15-16,18-25,31,36H,4-10,14,17H2,1-3H3,(H,33,38)/b35-34+. The van der Waals surface area contributed by atoms with Crippen molar-refractivity contribution in [2.45, 2.75) is 75.6 Å². The molecule has 0 saturated heterocycles. The second kappa shape index (κ2) is 16.6. The highest BCUT2D eigenvalue weighted by Gasteiger charge is 2.25. The molecule has 41 heavy (non-hydrogen) atoms. The summed E-state index contributed by atoms with van der Waals surface area (Å²) in [6, 6.07) is 22.0. The maximum Gasteiger partial charge on any atom is 0.242 e. The maximum absolute atomic E-state index is 13.3. The molecule has 220 valence electrons. The molecule has 3 aromatic carbocycles. The average molecular weight is 578 g/mol. The molecule has 0 aliphatic carbocycles. The molecule has 0 fully saturated rings. The van der Waals surface area contributed by atoms with Gasteiger partial charge in [0.05, 0.1) is 16.3 Å². The predicted molar refractivity (Wildman–Crippen MR) is 168 cm³/mol. The third-order valence-electron chi connectivity index (χ3n) is 6.80. The molecule has 0 saturated carbocycles. The van der Waals surface area contributed by atoms with Gasteiger partial charge in [-0.2, -0.15) is 15.0 Å². The van der Waals surface area contributed by atoms with Crippen molar-refractivity contribution < 1.29 is 13.2 Å². The van der Waals surface area contributed by atoms with Gasteiger partial charge in [-0.1, -0.05) is 76.5 Å². The highest BCUT2D eigenvalue weighted by atomic mass is 32.2. The summed E-state index contributed by atoms with van der Waals surface area (Å²) < 4.78 is 29.2. The molecule has 0 spiro atoms. The Balaban J connectivity index is 1.63. The van der Waals surface area contributed by atoms with E-state index in [4.69, 9.17) is 0 Å². The van der Waals surface area contributed by atoms with Crippen LogP contribution in [0.5, 0.6) is 0 Å². The first-order chi connectivity index (χ1) is 19.8. The summed E-state index contributed by atoms with van der Waals surface area (Å²) in [4.78, 5) is 15.2. The van der Waals surface area contributed by atoms with Crippen molar-refractivity contribution in [2.75, 3.05) is 24.3 Å². The normalized spacial score (nSPS) is 12.4. The summed E-state index contributed by atoms with van der Waals surface area (Å²) >= 11 is 0. The van der Waals surface area contributed by atoms with Crippen LogP contribution in [0.2, 0.25) is 0 Å². The number of hydrogen-bond donors (Lipinski definition) is 2. The van der Waals surface area contributed by atoms with Gasteiger partial charge in [0.2, 0.25) is 15.9 Å². The fourth-order valence-electron chi connectivity index (χ4n) is 4.36. The molecule has 3 rings (SSSR count). The third kappa shape index (κ3) is 11.1. The van der Waals surface area contributed by atoms with Crippen LogP contribution in [0.3, 0.4) is 0 Å². The fourth-order valence-corrected chi connectivity index (χ4v) is 5.59. The highest BCUT2D eigenvalue weighted by Crippen LogP contribution is 2.23. The number of hydrogen-bond acceptors (Lipinski definition) is 6. The minimum Gasteiger partial charge on any atom is -0.378 e. The lowest BCUT2D eigenvalue weighted by Gasteiger charge is -2.19. The first-order valence-corrected chi connectivity index (χ1v) is 15.9. The second-order valence-electron chi connectivity index (χ2n) is 10.4. The van der Waals surface area contributed by atoms with E-state index in [2.05, 4.69) is 27.2 Å². The smallest absolute Gasteiger partial charge is 0.242 e. The van der Waals surface area contributed by atoms with E-state index in [1.165, 1.54) is 37.8 Å². The van der Waals surface area contributed by atoms with Crippen molar-refractivity contribution in [1.82, 2.24) is 4.72 Å². The molecular weight excluding hydrogens is 534 g/mol. The molecule has 0 aliphatic rings. The molecule has 0 heterocycles. The van der Waals surface area contributed by atoms with Gasteiger partial charge in [-0.3, -0.25) is 4.79 Å². The molecule has 0 aliphatic heterocycles. The summed E-state index contributed by atoms with van der Waals surface area (Å²) in [7, 11) is -0.00373. The van der Waals surface area contributed by atoms with Gasteiger partial charge in [-0.15, -0.1) is 0 Å². The van der Waals surface area contributed by atoms with Gasteiger partial charge in [0.15, 0.2) is 0 Å². The lowest BCUT2D eigenvalue weighted by Crippen LogP contribution is -2.43. The van der Waals surface area contributed by atoms with Gasteiger partial charge >= 0.3 is 0 Å². The number of nitrogens with zero attached hydrogens (tertiary/aromatic N) is 3. The van der Waals surface area contributed by atoms with Gasteiger partial charge in [-0.05, 0) is 67.1 Å². The van der Waals surface area contributed by atoms with Crippen LogP contribution in [0.15, 0.2) is 94.0 Å². The Morgan fingerprint density at radius 1 is 0.756 bits per heavy atom. The zero-order valence-corrected chi connectivity index (χ0v) is 25.2. The van der Waals surface area contributed by atoms with Crippen LogP contribution in [0.1, 0.15) is 64.7 Å². The lowest BCUT2D eigenvalue weighted by atomic mass is 10.0. The van der Waals surface area contributed by atoms with E-state index < -0.39 is 16.1 Å². The number of anilines is 2. The molecule has 2 N–H and O–H groups in total. The maximum atomic E-state index is 13.3. The van der Waals surface area contributed by atoms with Gasteiger partial charge in [-0.25, -0.2) is 8.42 Å². The Labute approximate surface area is 245 Å². The Morgan fingerprint density at radius 3 is 1.85 bits per heavy atom. The van der Waals surface area contributed by atoms with Crippen molar-refractivity contribution in [3.05, 3.63) is 78.9 Å². The molecule has 0 bridgehead atoms. The number of azo groups is 1. The van der Waals surface area contributed by atoms with E-state index >= 15 is 0 Å². The minimum atomic E-state index is -3.94. The van der Waals surface area contributed by atoms with Crippen molar-refractivity contribution in [1.29, 1.82) is 0 Å². The first kappa shape index (κ1) is 32.0. The number of benzene rings is 3. The van der Waals surface area contributed by atoms with Crippen LogP contribution in [0.25, 0.3) is 0 Å². The number of sulfonamides is 1. The lowest BCUT2D eigenvalue weighted by molar-refractivity contribution is -0.117. The monoisotopic (exact) mass is 577 g/mol. The zero-order chi connectivity index (χ0) is 29.5. The molecule has 3 aromatic rings. The van der Waals surface area contributed by atoms with E-state index in [-0.39, 0.29) is 10.8 Å². The molecule has 9 heteroatoms. The molecule has 0 radical (unpaired) electrons. The Kier molecular flexibility index (Phi) is 13.0. The fraction of sp³-hybridized carbons (Fsp3) is 0.406. The molecule has 1 unspecified atom stereocenters. The van der Waals surface area contributed by atoms with Crippen LogP contribution in [-0.2, 0) is 14.8 Å². The minimum absolute atomic E-state index is 0.0696. The van der Waals surface area contributed by atoms with Crippen LogP contribution in [-0.4, -0.2) is 34.5 Å². The SMILES string of the molecule is CCCCCCCCCCC(NS(=O)(=O)c1ccc(/N=N/c2ccc(N(C)C)cc2)cc1)C(=O)Nc1ccccc1. The summed E-state index contributed by atoms with van der Waals surface area (Å²) in [6.45, 7) is 2.20. The van der Waals surface area contributed by atoms with E-state index in [0.717, 1.165) is 31.4 Å². The van der Waals surface area contributed by atoms with E-state index in [0.29, 0.717) is 23.5 Å². The van der Waals surface area contributed by atoms with Gasteiger partial charge in [0.1, 0.15) is 6.04 Å². The average Bonchev–Trinajstić information content (AvgIpc) is 2.97. The van der Waals surface area contributed by atoms with Crippen molar-refractivity contribution >= 4 is 38.7 Å². The van der Waals surface area contributed by atoms with Crippen molar-refractivity contribution in [2.24, 2.45) is 10.2 Å². The van der Waals surface area contributed by atoms with E-state index in [9.17, 15) is 13.2 Å². The zero-order valence-electron chi connectivity index (χ0n) is 24.4. The second-order valence-corrected chi connectivity index (χ2v) is 12.1. The Hall–Kier alpha value is -3.56. The summed E-state index contributed by atoms with van der Waals surface area (Å²) in [5.41, 5.74) is 2.91. The van der Waals surface area contributed by atoms with Crippen LogP contribution >= 0.6 is 0 Å². The van der Waals surface area contributed by atoms with Crippen molar-refractivity contribution in [3.63, 3.8) is 0 Å². The van der Waals surface area contributed by atoms with Gasteiger partial charge in [0.25, 0.3) is 0 Å². The number of nitrogens with one attached hydrogen (secondary N) is 2. The number of unbranched alkanes of at least 4 members (excludes halogenated alkanes) is 7. The molecule has 1 amide bonds. The Bertz CT molecular complexity index is 1330. The van der Waals surface area contributed by atoms with E-state index in [1.807, 2.05) is 61.5 Å². The van der Waals surface area contributed by atoms with Gasteiger partial charge in [0, 0.05) is 25.5 Å². The molecule has 1 atom stereocenters. The van der Waals surface area contributed by atoms with Crippen LogP contribution in [0.4, 0.5) is 22.7 Å². The van der Waals surface area contributed by atoms with Crippen LogP contribution < -0.4 is 14.9 Å². The quantitative estimate of drug-likeness (QED) is 0.125. The first-order valence-electron chi connectivity index (χ1n) is 14.5. The number of rotatable bonds is 17. The number of amides is 1. The summed E-state index contributed by atoms with van der Waals surface area (Å²) in [5, 5.41) is 11.3. The largest absolute Gasteiger partial charge is 0.378 e. The Morgan fingerprint density at radius 2 is 1.29 bits per heavy atom. The molecule has 0 aromatic heterocycles. The highest BCUT2D eigenvalue weighted by molar-refractivity contribution is 7.89. The van der Waals surface area contributed by atoms with E-state index in [1.54, 1.807) is 24.3 Å². The number of carbonyl (C=O) groups is 1. The summed E-state index contributed by atoms with van der Waals surface area (Å²) in [5.74, 6) is -0.367. The third-order valence-corrected chi connectivity index (χ3v) is 8.28. The molecule has 8 nitrogen and oxygen atoms in total. The van der Waals surface area contributed by atoms with Gasteiger partial charge < -0.3 is 10.2 Å². The number of para-hydroxylation sites is 1. The predicted octanol–water partition coefficient (Wildman–Crippen LogP) is 7.98. The number of carbonyl (C=O) groups excluding carboxylic acids is 1. The molecular formula is C32H43N5O3S. The van der Waals surface area contributed by atoms with Crippen molar-refractivity contribution in [3.8, 4) is 0 Å². The van der Waals surface area contributed by atoms with Crippen LogP contribution in [0, 0.1) is 0 Å². The topological polar surface area (TPSA) is 103 Å². The summed E-state index contributed by atoms with van der Waals surface area (Å²) in [6.07, 6.45) is 9.34.